The van der Waals surface area contributed by atoms with E-state index in [0.29, 0.717) is 17.6 Å². The lowest BCUT2D eigenvalue weighted by Gasteiger charge is -2.13. The van der Waals surface area contributed by atoms with Gasteiger partial charge in [0.05, 0.1) is 12.2 Å². The van der Waals surface area contributed by atoms with E-state index in [9.17, 15) is 0 Å². The summed E-state index contributed by atoms with van der Waals surface area (Å²) in [6.45, 7) is 8.39. The van der Waals surface area contributed by atoms with E-state index in [2.05, 4.69) is 34.1 Å². The zero-order valence-corrected chi connectivity index (χ0v) is 12.2. The summed E-state index contributed by atoms with van der Waals surface area (Å²) in [7, 11) is 0. The Hall–Kier alpha value is -1.62. The van der Waals surface area contributed by atoms with Gasteiger partial charge in [-0.15, -0.1) is 0 Å². The standard InChI is InChI=1S/C13H17ClN4O/c1-7(2)11-12(14)16-6-17-13(11)15-5-10-18-8(3)9(4)19-10/h6-7H,5H2,1-4H3,(H,15,16,17). The molecule has 0 aromatic carbocycles. The topological polar surface area (TPSA) is 63.8 Å². The number of hydrogen-bond donors (Lipinski definition) is 1. The number of nitrogens with one attached hydrogen (secondary N) is 1. The molecule has 0 aliphatic rings. The van der Waals surface area contributed by atoms with Gasteiger partial charge in [0.2, 0.25) is 5.89 Å². The predicted molar refractivity (Wildman–Crippen MR) is 74.4 cm³/mol. The summed E-state index contributed by atoms with van der Waals surface area (Å²) in [6, 6.07) is 0. The van der Waals surface area contributed by atoms with Crippen LogP contribution in [0.15, 0.2) is 10.7 Å². The van der Waals surface area contributed by atoms with Crippen LogP contribution in [-0.4, -0.2) is 15.0 Å². The van der Waals surface area contributed by atoms with E-state index in [1.54, 1.807) is 0 Å². The molecule has 2 aromatic rings. The monoisotopic (exact) mass is 280 g/mol. The highest BCUT2D eigenvalue weighted by molar-refractivity contribution is 6.30. The number of rotatable bonds is 4. The SMILES string of the molecule is Cc1nc(CNc2ncnc(Cl)c2C(C)C)oc1C. The first-order valence-corrected chi connectivity index (χ1v) is 6.54. The zero-order valence-electron chi connectivity index (χ0n) is 11.5. The third kappa shape index (κ3) is 3.04. The normalized spacial score (nSPS) is 11.1. The van der Waals surface area contributed by atoms with E-state index in [4.69, 9.17) is 16.0 Å². The Morgan fingerprint density at radius 2 is 2.05 bits per heavy atom. The summed E-state index contributed by atoms with van der Waals surface area (Å²) >= 11 is 6.11. The van der Waals surface area contributed by atoms with Crippen molar-refractivity contribution in [1.29, 1.82) is 0 Å². The third-order valence-corrected chi connectivity index (χ3v) is 3.19. The maximum Gasteiger partial charge on any atom is 0.213 e. The Kier molecular flexibility index (Phi) is 4.04. The van der Waals surface area contributed by atoms with E-state index in [0.717, 1.165) is 22.8 Å². The molecule has 19 heavy (non-hydrogen) atoms. The van der Waals surface area contributed by atoms with Gasteiger partial charge in [0, 0.05) is 5.56 Å². The molecule has 2 aromatic heterocycles. The fourth-order valence-electron chi connectivity index (χ4n) is 1.80. The number of nitrogens with zero attached hydrogens (tertiary/aromatic N) is 3. The molecule has 6 heteroatoms. The molecule has 0 radical (unpaired) electrons. The van der Waals surface area contributed by atoms with Crippen LogP contribution in [0, 0.1) is 13.8 Å². The molecule has 2 rings (SSSR count). The van der Waals surface area contributed by atoms with E-state index >= 15 is 0 Å². The molecule has 2 heterocycles. The molecule has 0 amide bonds. The van der Waals surface area contributed by atoms with E-state index in [1.807, 2.05) is 13.8 Å². The Morgan fingerprint density at radius 3 is 2.63 bits per heavy atom. The Bertz CT molecular complexity index is 561. The first-order chi connectivity index (χ1) is 8.99. The van der Waals surface area contributed by atoms with Gasteiger partial charge in [-0.1, -0.05) is 25.4 Å². The van der Waals surface area contributed by atoms with E-state index < -0.39 is 0 Å². The molecule has 5 nitrogen and oxygen atoms in total. The maximum atomic E-state index is 6.11. The lowest BCUT2D eigenvalue weighted by Crippen LogP contribution is -2.07. The highest BCUT2D eigenvalue weighted by Gasteiger charge is 2.14. The van der Waals surface area contributed by atoms with Crippen LogP contribution < -0.4 is 5.32 Å². The quantitative estimate of drug-likeness (QED) is 0.869. The van der Waals surface area contributed by atoms with Crippen molar-refractivity contribution >= 4 is 17.4 Å². The summed E-state index contributed by atoms with van der Waals surface area (Å²) in [6.07, 6.45) is 1.45. The Labute approximate surface area is 117 Å². The first-order valence-electron chi connectivity index (χ1n) is 6.16. The van der Waals surface area contributed by atoms with E-state index in [1.165, 1.54) is 6.33 Å². The van der Waals surface area contributed by atoms with E-state index in [-0.39, 0.29) is 5.92 Å². The molecule has 0 atom stereocenters. The van der Waals surface area contributed by atoms with Crippen molar-refractivity contribution in [2.24, 2.45) is 0 Å². The van der Waals surface area contributed by atoms with Crippen molar-refractivity contribution in [3.8, 4) is 0 Å². The third-order valence-electron chi connectivity index (χ3n) is 2.89. The molecular weight excluding hydrogens is 264 g/mol. The molecule has 0 aliphatic heterocycles. The number of anilines is 1. The van der Waals surface area contributed by atoms with Crippen LogP contribution in [0.25, 0.3) is 0 Å². The lowest BCUT2D eigenvalue weighted by molar-refractivity contribution is 0.478. The number of oxazole rings is 1. The molecule has 0 unspecified atom stereocenters. The number of aromatic nitrogens is 3. The fraction of sp³-hybridized carbons (Fsp3) is 0.462. The van der Waals surface area contributed by atoms with Crippen LogP contribution in [-0.2, 0) is 6.54 Å². The van der Waals surface area contributed by atoms with Gasteiger partial charge in [-0.3, -0.25) is 0 Å². The molecule has 102 valence electrons. The molecular formula is C13H17ClN4O. The van der Waals surface area contributed by atoms with Gasteiger partial charge in [0.1, 0.15) is 23.1 Å². The van der Waals surface area contributed by atoms with Crippen molar-refractivity contribution in [3.63, 3.8) is 0 Å². The summed E-state index contributed by atoms with van der Waals surface area (Å²) in [5.41, 5.74) is 1.81. The van der Waals surface area contributed by atoms with Crippen molar-refractivity contribution in [2.75, 3.05) is 5.32 Å². The molecule has 0 aliphatic carbocycles. The number of aryl methyl sites for hydroxylation is 2. The summed E-state index contributed by atoms with van der Waals surface area (Å²) in [5, 5.41) is 3.68. The van der Waals surface area contributed by atoms with Crippen molar-refractivity contribution in [1.82, 2.24) is 15.0 Å². The summed E-state index contributed by atoms with van der Waals surface area (Å²) < 4.78 is 5.52. The minimum atomic E-state index is 0.240. The van der Waals surface area contributed by atoms with Crippen molar-refractivity contribution < 1.29 is 4.42 Å². The highest BCUT2D eigenvalue weighted by atomic mass is 35.5. The first kappa shape index (κ1) is 13.8. The lowest BCUT2D eigenvalue weighted by atomic mass is 10.1. The van der Waals surface area contributed by atoms with Gasteiger partial charge in [-0.2, -0.15) is 0 Å². The average molecular weight is 281 g/mol. The summed E-state index contributed by atoms with van der Waals surface area (Å²) in [5.74, 6) is 2.44. The predicted octanol–water partition coefficient (Wildman–Crippen LogP) is 3.47. The Morgan fingerprint density at radius 1 is 1.32 bits per heavy atom. The molecule has 0 bridgehead atoms. The van der Waals surface area contributed by atoms with Crippen LogP contribution in [0.3, 0.4) is 0 Å². The smallest absolute Gasteiger partial charge is 0.213 e. The van der Waals surface area contributed by atoms with Crippen LogP contribution >= 0.6 is 11.6 Å². The van der Waals surface area contributed by atoms with Gasteiger partial charge < -0.3 is 9.73 Å². The summed E-state index contributed by atoms with van der Waals surface area (Å²) in [4.78, 5) is 12.6. The van der Waals surface area contributed by atoms with Crippen molar-refractivity contribution in [3.05, 3.63) is 34.4 Å². The molecule has 0 spiro atoms. The van der Waals surface area contributed by atoms with Gasteiger partial charge in [0.25, 0.3) is 0 Å². The number of halogens is 1. The maximum absolute atomic E-state index is 6.11. The molecule has 1 N–H and O–H groups in total. The second-order valence-corrected chi connectivity index (χ2v) is 5.04. The van der Waals surface area contributed by atoms with Crippen LogP contribution in [0.5, 0.6) is 0 Å². The van der Waals surface area contributed by atoms with Gasteiger partial charge in [-0.25, -0.2) is 15.0 Å². The van der Waals surface area contributed by atoms with Crippen LogP contribution in [0.4, 0.5) is 5.82 Å². The fourth-order valence-corrected chi connectivity index (χ4v) is 2.15. The molecule has 0 saturated carbocycles. The average Bonchev–Trinajstić information content (AvgIpc) is 2.65. The molecule has 0 fully saturated rings. The van der Waals surface area contributed by atoms with Crippen LogP contribution in [0.2, 0.25) is 5.15 Å². The minimum absolute atomic E-state index is 0.240. The van der Waals surface area contributed by atoms with Gasteiger partial charge >= 0.3 is 0 Å². The number of hydrogen-bond acceptors (Lipinski definition) is 5. The molecule has 0 saturated heterocycles. The minimum Gasteiger partial charge on any atom is -0.444 e. The van der Waals surface area contributed by atoms with Crippen molar-refractivity contribution in [2.45, 2.75) is 40.2 Å². The zero-order chi connectivity index (χ0) is 14.0. The second-order valence-electron chi connectivity index (χ2n) is 4.68. The Balaban J connectivity index is 2.17. The highest BCUT2D eigenvalue weighted by Crippen LogP contribution is 2.28. The van der Waals surface area contributed by atoms with Gasteiger partial charge in [-0.05, 0) is 19.8 Å². The van der Waals surface area contributed by atoms with Crippen LogP contribution in [0.1, 0.15) is 42.7 Å². The van der Waals surface area contributed by atoms with Gasteiger partial charge in [0.15, 0.2) is 0 Å². The second kappa shape index (κ2) is 5.57. The largest absolute Gasteiger partial charge is 0.444 e.